The Morgan fingerprint density at radius 1 is 1.21 bits per heavy atom. The van der Waals surface area contributed by atoms with Crippen LogP contribution < -0.4 is 0 Å². The third-order valence-electron chi connectivity index (χ3n) is 5.03. The Balaban J connectivity index is 1.81. The molecule has 12 heteroatoms. The zero-order chi connectivity index (χ0) is 24.2. The lowest BCUT2D eigenvalue weighted by molar-refractivity contribution is -0.144. The zero-order valence-electron chi connectivity index (χ0n) is 18.9. The number of aryl methyl sites for hydroxylation is 1. The van der Waals surface area contributed by atoms with Crippen molar-refractivity contribution >= 4 is 27.4 Å². The van der Waals surface area contributed by atoms with Crippen LogP contribution in [0.5, 0.6) is 0 Å². The molecule has 1 aromatic carbocycles. The average Bonchev–Trinajstić information content (AvgIpc) is 3.35. The van der Waals surface area contributed by atoms with Gasteiger partial charge in [-0.3, -0.25) is 4.79 Å². The third-order valence-corrected chi connectivity index (χ3v) is 6.60. The smallest absolute Gasteiger partial charge is 0.327 e. The van der Waals surface area contributed by atoms with Crippen molar-refractivity contribution < 1.29 is 22.4 Å². The molecule has 178 valence electrons. The minimum Gasteiger partial charge on any atom is -0.463 e. The topological polar surface area (TPSA) is 120 Å². The Morgan fingerprint density at radius 2 is 1.91 bits per heavy atom. The van der Waals surface area contributed by atoms with Crippen LogP contribution in [0.4, 0.5) is 0 Å². The quantitative estimate of drug-likeness (QED) is 0.391. The minimum absolute atomic E-state index is 0.0521. The van der Waals surface area contributed by atoms with Crippen molar-refractivity contribution in [2.45, 2.75) is 32.2 Å². The molecule has 0 N–H and O–H groups in total. The number of carbonyl (C=O) groups is 1. The molecule has 3 rings (SSSR count). The summed E-state index contributed by atoms with van der Waals surface area (Å²) < 4.78 is 36.1. The highest BCUT2D eigenvalue weighted by Crippen LogP contribution is 2.32. The number of esters is 1. The number of ether oxygens (including phenoxy) is 1. The van der Waals surface area contributed by atoms with Crippen LogP contribution in [0.1, 0.15) is 19.5 Å². The van der Waals surface area contributed by atoms with E-state index in [1.807, 2.05) is 13.8 Å². The molecule has 0 saturated carbocycles. The zero-order valence-corrected chi connectivity index (χ0v) is 20.5. The van der Waals surface area contributed by atoms with Crippen molar-refractivity contribution in [3.05, 3.63) is 35.0 Å². The summed E-state index contributed by atoms with van der Waals surface area (Å²) in [6.45, 7) is 8.26. The lowest BCUT2D eigenvalue weighted by atomic mass is 10.2. The van der Waals surface area contributed by atoms with Crippen LogP contribution in [-0.4, -0.2) is 71.8 Å². The number of carbonyl (C=O) groups excluding carboxylic acids is 1. The number of rotatable bonds is 10. The van der Waals surface area contributed by atoms with Crippen molar-refractivity contribution in [1.82, 2.24) is 24.9 Å². The Bertz CT molecular complexity index is 1230. The predicted molar refractivity (Wildman–Crippen MR) is 123 cm³/mol. The first kappa shape index (κ1) is 24.9. The fraction of sp³-hybridized carbons (Fsp3) is 0.429. The average molecular weight is 496 g/mol. The summed E-state index contributed by atoms with van der Waals surface area (Å²) in [5.74, 6) is -0.307. The summed E-state index contributed by atoms with van der Waals surface area (Å²) in [6.07, 6.45) is 1.12. The molecule has 0 fully saturated rings. The highest BCUT2D eigenvalue weighted by Gasteiger charge is 2.23. The fourth-order valence-electron chi connectivity index (χ4n) is 3.17. The number of nitrogens with zero attached hydrogens (tertiary/aromatic N) is 5. The van der Waals surface area contributed by atoms with Gasteiger partial charge in [-0.1, -0.05) is 31.5 Å². The molecule has 0 amide bonds. The Morgan fingerprint density at radius 3 is 2.58 bits per heavy atom. The summed E-state index contributed by atoms with van der Waals surface area (Å²) in [5.41, 5.74) is 1.21. The molecule has 3 aromatic rings. The van der Waals surface area contributed by atoms with Crippen LogP contribution in [0.3, 0.4) is 0 Å². The molecule has 10 nitrogen and oxygen atoms in total. The molecule has 0 unspecified atom stereocenters. The van der Waals surface area contributed by atoms with Crippen molar-refractivity contribution in [3.63, 3.8) is 0 Å². The molecule has 0 aliphatic carbocycles. The Hall–Kier alpha value is -2.76. The number of halogens is 1. The van der Waals surface area contributed by atoms with Crippen molar-refractivity contribution in [3.8, 4) is 23.0 Å². The van der Waals surface area contributed by atoms with Crippen LogP contribution in [0.25, 0.3) is 23.0 Å². The van der Waals surface area contributed by atoms with Crippen molar-refractivity contribution in [2.24, 2.45) is 0 Å². The van der Waals surface area contributed by atoms with Crippen LogP contribution in [0.2, 0.25) is 5.02 Å². The van der Waals surface area contributed by atoms with Gasteiger partial charge in [0.15, 0.2) is 9.84 Å². The summed E-state index contributed by atoms with van der Waals surface area (Å²) in [6, 6.07) is 6.18. The van der Waals surface area contributed by atoms with Gasteiger partial charge in [-0.25, -0.2) is 13.1 Å². The predicted octanol–water partition coefficient (Wildman–Crippen LogP) is 2.85. The largest absolute Gasteiger partial charge is 0.463 e. The van der Waals surface area contributed by atoms with Gasteiger partial charge in [-0.15, -0.1) is 10.2 Å². The van der Waals surface area contributed by atoms with Crippen LogP contribution in [-0.2, 0) is 25.9 Å². The van der Waals surface area contributed by atoms with Gasteiger partial charge < -0.3 is 14.1 Å². The van der Waals surface area contributed by atoms with E-state index in [4.69, 9.17) is 20.8 Å². The summed E-state index contributed by atoms with van der Waals surface area (Å²) in [4.78, 5) is 14.6. The van der Waals surface area contributed by atoms with Crippen molar-refractivity contribution in [2.75, 3.05) is 32.5 Å². The van der Waals surface area contributed by atoms with E-state index in [0.717, 1.165) is 19.3 Å². The maximum Gasteiger partial charge on any atom is 0.327 e. The van der Waals surface area contributed by atoms with E-state index in [1.54, 1.807) is 19.1 Å². The Labute approximate surface area is 197 Å². The molecule has 0 bridgehead atoms. The van der Waals surface area contributed by atoms with Crippen LogP contribution >= 0.6 is 11.6 Å². The van der Waals surface area contributed by atoms with E-state index in [9.17, 15) is 13.2 Å². The van der Waals surface area contributed by atoms with E-state index in [1.165, 1.54) is 16.8 Å². The van der Waals surface area contributed by atoms with Crippen molar-refractivity contribution in [1.29, 1.82) is 0 Å². The molecule has 33 heavy (non-hydrogen) atoms. The monoisotopic (exact) mass is 495 g/mol. The minimum atomic E-state index is -3.40. The summed E-state index contributed by atoms with van der Waals surface area (Å²) in [5, 5.41) is 12.6. The molecule has 0 atom stereocenters. The van der Waals surface area contributed by atoms with Gasteiger partial charge in [0.05, 0.1) is 15.6 Å². The number of sulfone groups is 1. The summed E-state index contributed by atoms with van der Waals surface area (Å²) in [7, 11) is -3.40. The van der Waals surface area contributed by atoms with E-state index in [-0.39, 0.29) is 40.5 Å². The first-order valence-electron chi connectivity index (χ1n) is 10.4. The van der Waals surface area contributed by atoms with E-state index in [2.05, 4.69) is 20.2 Å². The van der Waals surface area contributed by atoms with Gasteiger partial charge in [0, 0.05) is 18.4 Å². The van der Waals surface area contributed by atoms with E-state index >= 15 is 0 Å². The molecule has 2 heterocycles. The van der Waals surface area contributed by atoms with E-state index in [0.29, 0.717) is 17.8 Å². The molecule has 0 aliphatic rings. The number of benzene rings is 1. The molecular formula is C21H26ClN5O5S. The second-order valence-electron chi connectivity index (χ2n) is 7.37. The second-order valence-corrected chi connectivity index (χ2v) is 9.76. The molecule has 0 radical (unpaired) electrons. The second kappa shape index (κ2) is 10.4. The van der Waals surface area contributed by atoms with Crippen LogP contribution in [0, 0.1) is 6.92 Å². The lowest BCUT2D eigenvalue weighted by Gasteiger charge is -2.17. The number of hydrogen-bond acceptors (Lipinski definition) is 9. The first-order valence-corrected chi connectivity index (χ1v) is 12.7. The maximum absolute atomic E-state index is 12.4. The SMILES string of the molecule is CCN(CC)CCOC(=O)Cn1nc(C)c(Cl)c1-c1nnc(-c2cccc(S(C)(=O)=O)c2)o1. The van der Waals surface area contributed by atoms with Gasteiger partial charge in [0.1, 0.15) is 18.8 Å². The standard InChI is InChI=1S/C21H26ClN5O5S/c1-5-26(6-2)10-11-31-17(28)13-27-19(18(22)14(3)25-27)21-24-23-20(32-21)15-8-7-9-16(12-15)33(4,29)30/h7-9,12H,5-6,10-11,13H2,1-4H3. The lowest BCUT2D eigenvalue weighted by Crippen LogP contribution is -2.28. The third kappa shape index (κ3) is 5.98. The first-order chi connectivity index (χ1) is 15.6. The number of likely N-dealkylation sites (N-methyl/N-ethyl adjacent to an activating group) is 1. The van der Waals surface area contributed by atoms with Gasteiger partial charge in [-0.05, 0) is 38.2 Å². The molecule has 0 spiro atoms. The number of hydrogen-bond donors (Lipinski definition) is 0. The normalized spacial score (nSPS) is 11.8. The van der Waals surface area contributed by atoms with Gasteiger partial charge in [-0.2, -0.15) is 5.10 Å². The van der Waals surface area contributed by atoms with Gasteiger partial charge >= 0.3 is 5.97 Å². The van der Waals surface area contributed by atoms with Crippen LogP contribution in [0.15, 0.2) is 33.6 Å². The van der Waals surface area contributed by atoms with Gasteiger partial charge in [0.2, 0.25) is 5.89 Å². The summed E-state index contributed by atoms with van der Waals surface area (Å²) >= 11 is 6.41. The highest BCUT2D eigenvalue weighted by molar-refractivity contribution is 7.90. The number of aromatic nitrogens is 4. The fourth-order valence-corrected chi connectivity index (χ4v) is 4.05. The highest BCUT2D eigenvalue weighted by atomic mass is 35.5. The maximum atomic E-state index is 12.4. The Kier molecular flexibility index (Phi) is 7.88. The molecular weight excluding hydrogens is 470 g/mol. The van der Waals surface area contributed by atoms with E-state index < -0.39 is 15.8 Å². The van der Waals surface area contributed by atoms with Gasteiger partial charge in [0.25, 0.3) is 5.89 Å². The molecule has 0 saturated heterocycles. The molecule has 2 aromatic heterocycles. The molecule has 0 aliphatic heterocycles.